The van der Waals surface area contributed by atoms with Gasteiger partial charge in [-0.3, -0.25) is 14.6 Å². The van der Waals surface area contributed by atoms with E-state index in [4.69, 9.17) is 23.7 Å². The number of hydrogen-bond acceptors (Lipinski definition) is 9. The molecule has 0 saturated carbocycles. The average molecular weight is 605 g/mol. The number of imide groups is 1. The number of carbonyl (C=O) groups excluding carboxylic acids is 2. The minimum atomic E-state index is -0.420. The Balaban J connectivity index is 0.00000484. The average Bonchev–Trinajstić information content (AvgIpc) is 3.25. The lowest BCUT2D eigenvalue weighted by Gasteiger charge is -2.37. The number of carbonyl (C=O) groups is 2. The van der Waals surface area contributed by atoms with Crippen molar-refractivity contribution >= 4 is 36.1 Å². The number of amides is 3. The number of methoxy groups -OCH3 is 3. The van der Waals surface area contributed by atoms with Gasteiger partial charge in [0.15, 0.2) is 23.0 Å². The molecule has 0 unspecified atom stereocenters. The number of nitrogens with one attached hydrogen (secondary N) is 1. The van der Waals surface area contributed by atoms with Crippen LogP contribution in [0.1, 0.15) is 25.8 Å². The number of benzene rings is 2. The molecule has 4 rings (SSSR count). The topological polar surface area (TPSA) is 102 Å². The first kappa shape index (κ1) is 32.7. The molecule has 2 heterocycles. The molecule has 230 valence electrons. The van der Waals surface area contributed by atoms with Crippen LogP contribution in [0.3, 0.4) is 0 Å². The standard InChI is InChI=1S/C30H40N4O7.ClH/c1-6-40-24-11-8-10-23(27(24)41-7-2)33-16-14-32(15-17-33)12-9-13-34-29(35)22(31-30(34)36)18-21-19-25(37-3)28(39-5)26(20-21)38-4;/h8,10-11,18-20H,6-7,9,12-17H2,1-5H3,(H,31,36);1H. The van der Waals surface area contributed by atoms with Crippen LogP contribution < -0.4 is 33.9 Å². The molecule has 2 aliphatic rings. The van der Waals surface area contributed by atoms with Crippen molar-refractivity contribution in [3.8, 4) is 28.7 Å². The zero-order valence-electron chi connectivity index (χ0n) is 24.9. The minimum absolute atomic E-state index is 0. The van der Waals surface area contributed by atoms with Crippen LogP contribution in [-0.2, 0) is 4.79 Å². The summed E-state index contributed by atoms with van der Waals surface area (Å²) in [6.45, 7) is 9.65. The number of rotatable bonds is 13. The molecule has 1 N–H and O–H groups in total. The number of hydrogen-bond donors (Lipinski definition) is 1. The number of anilines is 1. The second kappa shape index (κ2) is 15.4. The molecule has 2 saturated heterocycles. The Labute approximate surface area is 253 Å². The summed E-state index contributed by atoms with van der Waals surface area (Å²) in [6.07, 6.45) is 2.29. The fraction of sp³-hybridized carbons (Fsp3) is 0.467. The summed E-state index contributed by atoms with van der Waals surface area (Å²) in [4.78, 5) is 31.6. The third kappa shape index (κ3) is 7.32. The fourth-order valence-electron chi connectivity index (χ4n) is 5.10. The predicted octanol–water partition coefficient (Wildman–Crippen LogP) is 4.04. The first-order valence-corrected chi connectivity index (χ1v) is 13.9. The van der Waals surface area contributed by atoms with Crippen molar-refractivity contribution < 1.29 is 33.3 Å². The lowest BCUT2D eigenvalue weighted by Crippen LogP contribution is -2.47. The van der Waals surface area contributed by atoms with E-state index in [0.717, 1.165) is 49.9 Å². The molecular weight excluding hydrogens is 564 g/mol. The third-order valence-corrected chi connectivity index (χ3v) is 7.08. The van der Waals surface area contributed by atoms with Gasteiger partial charge in [0.1, 0.15) is 5.70 Å². The highest BCUT2D eigenvalue weighted by Gasteiger charge is 2.33. The molecule has 11 nitrogen and oxygen atoms in total. The molecule has 0 spiro atoms. The van der Waals surface area contributed by atoms with Gasteiger partial charge >= 0.3 is 6.03 Å². The molecule has 0 bridgehead atoms. The molecule has 3 amide bonds. The largest absolute Gasteiger partial charge is 0.493 e. The molecular formula is C30H41ClN4O7. The molecule has 42 heavy (non-hydrogen) atoms. The van der Waals surface area contributed by atoms with Crippen molar-refractivity contribution in [1.29, 1.82) is 0 Å². The Morgan fingerprint density at radius 1 is 0.833 bits per heavy atom. The van der Waals surface area contributed by atoms with E-state index in [2.05, 4.69) is 21.2 Å². The van der Waals surface area contributed by atoms with Crippen LogP contribution in [0.4, 0.5) is 10.5 Å². The van der Waals surface area contributed by atoms with Gasteiger partial charge in [-0.05, 0) is 62.7 Å². The lowest BCUT2D eigenvalue weighted by molar-refractivity contribution is -0.122. The van der Waals surface area contributed by atoms with E-state index in [1.807, 2.05) is 26.0 Å². The number of ether oxygens (including phenoxy) is 5. The van der Waals surface area contributed by atoms with Gasteiger partial charge in [0.05, 0.1) is 40.2 Å². The van der Waals surface area contributed by atoms with E-state index in [1.165, 1.54) is 26.2 Å². The van der Waals surface area contributed by atoms with Gasteiger partial charge in [-0.2, -0.15) is 0 Å². The highest BCUT2D eigenvalue weighted by molar-refractivity contribution is 6.14. The summed E-state index contributed by atoms with van der Waals surface area (Å²) < 4.78 is 27.9. The Hall–Kier alpha value is -3.83. The van der Waals surface area contributed by atoms with Crippen molar-refractivity contribution in [2.45, 2.75) is 20.3 Å². The Morgan fingerprint density at radius 3 is 2.10 bits per heavy atom. The molecule has 2 fully saturated rings. The lowest BCUT2D eigenvalue weighted by atomic mass is 10.1. The first-order chi connectivity index (χ1) is 19.9. The Kier molecular flexibility index (Phi) is 12.0. The monoisotopic (exact) mass is 604 g/mol. The summed E-state index contributed by atoms with van der Waals surface area (Å²) in [7, 11) is 4.57. The normalized spacial score (nSPS) is 16.3. The zero-order chi connectivity index (χ0) is 29.4. The van der Waals surface area contributed by atoms with Crippen molar-refractivity contribution in [1.82, 2.24) is 15.1 Å². The quantitative estimate of drug-likeness (QED) is 0.268. The number of urea groups is 1. The van der Waals surface area contributed by atoms with Crippen molar-refractivity contribution in [2.75, 3.05) is 78.7 Å². The molecule has 0 aromatic heterocycles. The van der Waals surface area contributed by atoms with Crippen LogP contribution in [0.5, 0.6) is 28.7 Å². The SMILES string of the molecule is CCOc1cccc(N2CCN(CCCN3C(=O)NC(=Cc4cc(OC)c(OC)c(OC)c4)C3=O)CC2)c1OCC.Cl. The number of nitrogens with zero attached hydrogens (tertiary/aromatic N) is 3. The van der Waals surface area contributed by atoms with Crippen molar-refractivity contribution in [2.24, 2.45) is 0 Å². The van der Waals surface area contributed by atoms with Gasteiger partial charge in [-0.1, -0.05) is 6.07 Å². The van der Waals surface area contributed by atoms with Crippen LogP contribution >= 0.6 is 12.4 Å². The van der Waals surface area contributed by atoms with Crippen LogP contribution in [0.15, 0.2) is 36.0 Å². The van der Waals surface area contributed by atoms with E-state index in [-0.39, 0.29) is 24.0 Å². The zero-order valence-corrected chi connectivity index (χ0v) is 25.8. The van der Waals surface area contributed by atoms with Crippen LogP contribution in [0, 0.1) is 0 Å². The van der Waals surface area contributed by atoms with E-state index in [0.29, 0.717) is 49.0 Å². The first-order valence-electron chi connectivity index (χ1n) is 13.9. The molecule has 2 aliphatic heterocycles. The van der Waals surface area contributed by atoms with Crippen LogP contribution in [0.2, 0.25) is 0 Å². The number of halogens is 1. The maximum Gasteiger partial charge on any atom is 0.329 e. The maximum atomic E-state index is 13.0. The summed E-state index contributed by atoms with van der Waals surface area (Å²) >= 11 is 0. The molecule has 2 aromatic carbocycles. The molecule has 0 atom stereocenters. The number of para-hydroxylation sites is 1. The summed E-state index contributed by atoms with van der Waals surface area (Å²) in [5.74, 6) is 2.58. The van der Waals surface area contributed by atoms with E-state index >= 15 is 0 Å². The van der Waals surface area contributed by atoms with E-state index in [1.54, 1.807) is 18.2 Å². The van der Waals surface area contributed by atoms with Crippen molar-refractivity contribution in [3.05, 3.63) is 41.6 Å². The Morgan fingerprint density at radius 2 is 1.50 bits per heavy atom. The highest BCUT2D eigenvalue weighted by Crippen LogP contribution is 2.39. The van der Waals surface area contributed by atoms with E-state index in [9.17, 15) is 9.59 Å². The molecule has 12 heteroatoms. The smallest absolute Gasteiger partial charge is 0.329 e. The predicted molar refractivity (Wildman–Crippen MR) is 164 cm³/mol. The second-order valence-corrected chi connectivity index (χ2v) is 9.56. The van der Waals surface area contributed by atoms with Crippen LogP contribution in [0.25, 0.3) is 6.08 Å². The van der Waals surface area contributed by atoms with Gasteiger partial charge in [0.25, 0.3) is 5.91 Å². The van der Waals surface area contributed by atoms with E-state index < -0.39 is 6.03 Å². The van der Waals surface area contributed by atoms with Gasteiger partial charge in [-0.15, -0.1) is 12.4 Å². The summed E-state index contributed by atoms with van der Waals surface area (Å²) in [5, 5.41) is 2.69. The van der Waals surface area contributed by atoms with Crippen LogP contribution in [-0.4, -0.2) is 95.5 Å². The maximum absolute atomic E-state index is 13.0. The molecule has 0 radical (unpaired) electrons. The Bertz CT molecular complexity index is 1240. The fourth-order valence-corrected chi connectivity index (χ4v) is 5.10. The van der Waals surface area contributed by atoms with Gasteiger partial charge < -0.3 is 33.9 Å². The second-order valence-electron chi connectivity index (χ2n) is 9.56. The highest BCUT2D eigenvalue weighted by atomic mass is 35.5. The van der Waals surface area contributed by atoms with Crippen molar-refractivity contribution in [3.63, 3.8) is 0 Å². The van der Waals surface area contributed by atoms with Gasteiger partial charge in [0.2, 0.25) is 5.75 Å². The minimum Gasteiger partial charge on any atom is -0.493 e. The number of piperazine rings is 1. The third-order valence-electron chi connectivity index (χ3n) is 7.08. The van der Waals surface area contributed by atoms with Gasteiger partial charge in [0, 0.05) is 32.7 Å². The molecule has 2 aromatic rings. The molecule has 0 aliphatic carbocycles. The summed E-state index contributed by atoms with van der Waals surface area (Å²) in [5.41, 5.74) is 1.89. The van der Waals surface area contributed by atoms with Gasteiger partial charge in [-0.25, -0.2) is 4.79 Å². The summed E-state index contributed by atoms with van der Waals surface area (Å²) in [6, 6.07) is 9.04.